The van der Waals surface area contributed by atoms with Gasteiger partial charge in [0.05, 0.1) is 0 Å². The maximum Gasteiger partial charge on any atom is 0.0214 e. The van der Waals surface area contributed by atoms with Crippen molar-refractivity contribution in [3.8, 4) is 0 Å². The Hall–Kier alpha value is -0.150. The first kappa shape index (κ1) is 4.85. The molecule has 0 fully saturated rings. The van der Waals surface area contributed by atoms with Gasteiger partial charge in [-0.15, -0.1) is 0 Å². The molecule has 0 saturated heterocycles. The second kappa shape index (κ2) is 3.85. The van der Waals surface area contributed by atoms with Crippen molar-refractivity contribution < 1.29 is 9.57 Å². The molecule has 0 aliphatic carbocycles. The van der Waals surface area contributed by atoms with Gasteiger partial charge in [-0.1, -0.05) is 12.0 Å². The predicted octanol–water partition coefficient (Wildman–Crippen LogP) is 0.412. The van der Waals surface area contributed by atoms with Crippen LogP contribution in [0.1, 0.15) is 6.92 Å². The molecule has 0 aliphatic heterocycles. The Bertz CT molecular complexity index is 17.1. The van der Waals surface area contributed by atoms with Crippen molar-refractivity contribution in [1.29, 1.82) is 0 Å². The Kier molecular flexibility index (Phi) is 3.73. The van der Waals surface area contributed by atoms with Crippen LogP contribution in [0.2, 0.25) is 0 Å². The van der Waals surface area contributed by atoms with Crippen LogP contribution in [-0.4, -0.2) is 6.54 Å². The monoisotopic (exact) mass is 79.0 g/mol. The molecule has 0 unspecified atom stereocenters. The third-order valence-corrected chi connectivity index (χ3v) is 0.199. The molecule has 0 heterocycles. The molecule has 1 N–H and O–H groups in total. The zero-order chi connectivity index (χ0) is 4.12. The largest absolute Gasteiger partial charge is 0.165 e. The highest BCUT2D eigenvalue weighted by Gasteiger charge is 1.66. The fourth-order valence-electron chi connectivity index (χ4n) is 0.0546. The van der Waals surface area contributed by atoms with E-state index in [0.29, 0.717) is 6.54 Å². The average molecular weight is 79.1 g/mol. The van der Waals surface area contributed by atoms with E-state index in [0.717, 1.165) is 0 Å². The van der Waals surface area contributed by atoms with Crippen molar-refractivity contribution in [2.45, 2.75) is 6.92 Å². The summed E-state index contributed by atoms with van der Waals surface area (Å²) < 4.78 is 10.4. The van der Waals surface area contributed by atoms with E-state index in [-0.39, 0.29) is 0 Å². The molecule has 0 saturated carbocycles. The molecule has 0 rings (SSSR count). The molecule has 5 heavy (non-hydrogen) atoms. The molecule has 0 aromatic carbocycles. The van der Waals surface area contributed by atoms with Crippen molar-refractivity contribution in [2.75, 3.05) is 6.54 Å². The second-order valence-electron chi connectivity index (χ2n) is 0.575. The molecule has 0 bridgehead atoms. The number of hydroxylamine groups is 1. The lowest BCUT2D eigenvalue weighted by Crippen LogP contribution is -2.06. The zero-order valence-electron chi connectivity index (χ0n) is 2.99. The molecule has 0 aromatic rings. The molecular weight excluding hydrogens is 73.0 g/mol. The Morgan fingerprint density at radius 3 is 2.60 bits per heavy atom. The van der Waals surface area contributed by atoms with Gasteiger partial charge in [0.25, 0.3) is 0 Å². The quantitative estimate of drug-likeness (QED) is 0.484. The number of halogens is 1. The normalized spacial score (nSPS) is 8.40. The summed E-state index contributed by atoms with van der Waals surface area (Å²) in [6.45, 7) is 2.23. The van der Waals surface area contributed by atoms with E-state index < -0.39 is 0 Å². The molecule has 0 atom stereocenters. The van der Waals surface area contributed by atoms with Crippen molar-refractivity contribution >= 4 is 0 Å². The third-order valence-electron chi connectivity index (χ3n) is 0.199. The van der Waals surface area contributed by atoms with Crippen LogP contribution in [0.4, 0.5) is 4.53 Å². The molecule has 0 aliphatic rings. The zero-order valence-corrected chi connectivity index (χ0v) is 2.99. The van der Waals surface area contributed by atoms with Crippen LogP contribution in [0.25, 0.3) is 0 Å². The van der Waals surface area contributed by atoms with Crippen molar-refractivity contribution in [1.82, 2.24) is 5.48 Å². The molecular formula is C2H6FNO. The first-order valence-corrected chi connectivity index (χ1v) is 1.42. The van der Waals surface area contributed by atoms with Crippen molar-refractivity contribution in [3.05, 3.63) is 0 Å². The fourth-order valence-corrected chi connectivity index (χ4v) is 0.0546. The smallest absolute Gasteiger partial charge is 0.0214 e. The minimum Gasteiger partial charge on any atom is -0.165 e. The van der Waals surface area contributed by atoms with Gasteiger partial charge in [-0.25, -0.2) is 0 Å². The topological polar surface area (TPSA) is 21.3 Å². The van der Waals surface area contributed by atoms with Crippen LogP contribution < -0.4 is 5.48 Å². The van der Waals surface area contributed by atoms with E-state index in [2.05, 4.69) is 5.04 Å². The lowest BCUT2D eigenvalue weighted by Gasteiger charge is -1.82. The average Bonchev–Trinajstić information content (AvgIpc) is 1.41. The summed E-state index contributed by atoms with van der Waals surface area (Å²) >= 11 is 0. The van der Waals surface area contributed by atoms with Gasteiger partial charge in [0.15, 0.2) is 0 Å². The van der Waals surface area contributed by atoms with Gasteiger partial charge in [0.1, 0.15) is 0 Å². The van der Waals surface area contributed by atoms with Gasteiger partial charge in [-0.05, 0) is 4.53 Å². The first-order valence-electron chi connectivity index (χ1n) is 1.42. The second-order valence-corrected chi connectivity index (χ2v) is 0.575. The van der Waals surface area contributed by atoms with E-state index in [1.807, 2.05) is 5.48 Å². The summed E-state index contributed by atoms with van der Waals surface area (Å²) in [5.74, 6) is 0. The van der Waals surface area contributed by atoms with E-state index >= 15 is 0 Å². The number of hydrogen-bond acceptors (Lipinski definition) is 2. The number of hydrogen-bond donors (Lipinski definition) is 1. The molecule has 0 radical (unpaired) electrons. The lowest BCUT2D eigenvalue weighted by atomic mass is 10.8. The van der Waals surface area contributed by atoms with E-state index in [1.165, 1.54) is 0 Å². The van der Waals surface area contributed by atoms with Gasteiger partial charge in [-0.2, -0.15) is 5.48 Å². The SMILES string of the molecule is CCNOF. The summed E-state index contributed by atoms with van der Waals surface area (Å²) in [7, 11) is 0. The summed E-state index contributed by atoms with van der Waals surface area (Å²) in [6, 6.07) is 0. The number of nitrogens with one attached hydrogen (secondary N) is 1. The molecule has 32 valence electrons. The summed E-state index contributed by atoms with van der Waals surface area (Å²) in [5, 5.41) is 2.94. The molecule has 0 aromatic heterocycles. The van der Waals surface area contributed by atoms with Crippen molar-refractivity contribution in [3.63, 3.8) is 0 Å². The highest BCUT2D eigenvalue weighted by Crippen LogP contribution is 1.56. The van der Waals surface area contributed by atoms with Crippen LogP contribution in [0, 0.1) is 0 Å². The van der Waals surface area contributed by atoms with E-state index in [9.17, 15) is 4.53 Å². The summed E-state index contributed by atoms with van der Waals surface area (Å²) in [6.07, 6.45) is 0. The van der Waals surface area contributed by atoms with E-state index in [1.54, 1.807) is 6.92 Å². The van der Waals surface area contributed by atoms with Crippen LogP contribution in [0.15, 0.2) is 0 Å². The Labute approximate surface area is 29.8 Å². The van der Waals surface area contributed by atoms with Gasteiger partial charge in [0.2, 0.25) is 0 Å². The van der Waals surface area contributed by atoms with Crippen LogP contribution in [0.5, 0.6) is 0 Å². The summed E-state index contributed by atoms with van der Waals surface area (Å²) in [4.78, 5) is 0. The predicted molar refractivity (Wildman–Crippen MR) is 15.9 cm³/mol. The Morgan fingerprint density at radius 1 is 2.00 bits per heavy atom. The maximum absolute atomic E-state index is 10.4. The summed E-state index contributed by atoms with van der Waals surface area (Å²) in [5.41, 5.74) is 1.94. The Morgan fingerprint density at radius 2 is 2.60 bits per heavy atom. The molecule has 0 spiro atoms. The third kappa shape index (κ3) is 3.85. The maximum atomic E-state index is 10.4. The number of rotatable bonds is 2. The lowest BCUT2D eigenvalue weighted by molar-refractivity contribution is -0.191. The highest BCUT2D eigenvalue weighted by atomic mass is 19.3. The van der Waals surface area contributed by atoms with E-state index in [4.69, 9.17) is 0 Å². The van der Waals surface area contributed by atoms with Gasteiger partial charge in [-0.3, -0.25) is 0 Å². The standard InChI is InChI=1S/C2H6FNO/c1-2-4-5-3/h4H,2H2,1H3. The first-order chi connectivity index (χ1) is 2.41. The van der Waals surface area contributed by atoms with Crippen LogP contribution in [-0.2, 0) is 5.04 Å². The minimum atomic E-state index is 0.497. The molecule has 2 nitrogen and oxygen atoms in total. The van der Waals surface area contributed by atoms with Crippen LogP contribution in [0.3, 0.4) is 0 Å². The van der Waals surface area contributed by atoms with Gasteiger partial charge in [0, 0.05) is 6.54 Å². The van der Waals surface area contributed by atoms with Gasteiger partial charge >= 0.3 is 0 Å². The minimum absolute atomic E-state index is 0.497. The van der Waals surface area contributed by atoms with Gasteiger partial charge < -0.3 is 0 Å². The fraction of sp³-hybridized carbons (Fsp3) is 1.00. The highest BCUT2D eigenvalue weighted by molar-refractivity contribution is 4.06. The molecule has 0 amide bonds. The molecule has 3 heteroatoms. The van der Waals surface area contributed by atoms with Crippen molar-refractivity contribution in [2.24, 2.45) is 0 Å². The van der Waals surface area contributed by atoms with Crippen LogP contribution >= 0.6 is 0 Å². The Balaban J connectivity index is 2.19.